The quantitative estimate of drug-likeness (QED) is 0.464. The Balaban J connectivity index is 2.41. The van der Waals surface area contributed by atoms with E-state index < -0.39 is 0 Å². The van der Waals surface area contributed by atoms with Gasteiger partial charge in [0.2, 0.25) is 0 Å². The first-order valence-corrected chi connectivity index (χ1v) is 5.32. The zero-order chi connectivity index (χ0) is 8.97. The molecular weight excluding hydrogens is 170 g/mol. The van der Waals surface area contributed by atoms with Crippen molar-refractivity contribution in [2.45, 2.75) is 57.4 Å². The van der Waals surface area contributed by atoms with Crippen molar-refractivity contribution in [3.8, 4) is 0 Å². The normalized spacial score (nSPS) is 24.1. The molecule has 1 atom stereocenters. The highest BCUT2D eigenvalue weighted by Crippen LogP contribution is 2.20. The zero-order valence-corrected chi connectivity index (χ0v) is 8.77. The zero-order valence-electron chi connectivity index (χ0n) is 8.02. The van der Waals surface area contributed by atoms with Crippen molar-refractivity contribution < 1.29 is 0 Å². The largest absolute Gasteiger partial charge is 0.290 e. The van der Waals surface area contributed by atoms with E-state index in [1.807, 2.05) is 13.8 Å². The predicted molar refractivity (Wildman–Crippen MR) is 55.3 cm³/mol. The maximum absolute atomic E-state index is 5.92. The molecule has 1 rings (SSSR count). The first-order valence-electron chi connectivity index (χ1n) is 4.88. The van der Waals surface area contributed by atoms with Crippen molar-refractivity contribution in [3.05, 3.63) is 0 Å². The van der Waals surface area contributed by atoms with Crippen molar-refractivity contribution in [1.29, 1.82) is 0 Å². The highest BCUT2D eigenvalue weighted by atomic mass is 35.5. The van der Waals surface area contributed by atoms with Crippen LogP contribution in [0.1, 0.15) is 46.0 Å². The molecule has 0 aromatic heterocycles. The van der Waals surface area contributed by atoms with Crippen LogP contribution >= 0.6 is 11.6 Å². The van der Waals surface area contributed by atoms with Crippen LogP contribution < -0.4 is 0 Å². The molecule has 0 spiro atoms. The average molecular weight is 188 g/mol. The van der Waals surface area contributed by atoms with Gasteiger partial charge in [-0.3, -0.25) is 4.99 Å². The van der Waals surface area contributed by atoms with Gasteiger partial charge >= 0.3 is 0 Å². The highest BCUT2D eigenvalue weighted by molar-refractivity contribution is 6.31. The monoisotopic (exact) mass is 187 g/mol. The Morgan fingerprint density at radius 1 is 1.33 bits per heavy atom. The van der Waals surface area contributed by atoms with E-state index in [4.69, 9.17) is 11.6 Å². The number of nitrogens with zero attached hydrogens (tertiary/aromatic N) is 1. The van der Waals surface area contributed by atoms with Gasteiger partial charge in [0.1, 0.15) is 0 Å². The Morgan fingerprint density at radius 3 is 2.42 bits per heavy atom. The first-order chi connectivity index (χ1) is 5.70. The minimum absolute atomic E-state index is 0.104. The molecule has 2 heteroatoms. The van der Waals surface area contributed by atoms with Crippen LogP contribution in [-0.2, 0) is 0 Å². The van der Waals surface area contributed by atoms with Gasteiger partial charge in [0.15, 0.2) is 0 Å². The van der Waals surface area contributed by atoms with E-state index in [2.05, 4.69) is 4.99 Å². The Bertz CT molecular complexity index is 157. The third-order valence-corrected chi connectivity index (χ3v) is 2.85. The van der Waals surface area contributed by atoms with E-state index >= 15 is 0 Å². The molecule has 0 aromatic rings. The predicted octanol–water partition coefficient (Wildman–Crippen LogP) is 3.41. The van der Waals surface area contributed by atoms with Gasteiger partial charge in [-0.1, -0.05) is 19.3 Å². The average Bonchev–Trinajstić information content (AvgIpc) is 2.06. The molecule has 12 heavy (non-hydrogen) atoms. The van der Waals surface area contributed by atoms with Crippen molar-refractivity contribution in [2.75, 3.05) is 0 Å². The summed E-state index contributed by atoms with van der Waals surface area (Å²) in [6.45, 7) is 4.02. The van der Waals surface area contributed by atoms with Crippen LogP contribution in [0.3, 0.4) is 0 Å². The molecule has 0 aromatic carbocycles. The van der Waals surface area contributed by atoms with Crippen molar-refractivity contribution in [3.63, 3.8) is 0 Å². The summed E-state index contributed by atoms with van der Waals surface area (Å²) in [4.78, 5) is 4.62. The molecule has 1 fully saturated rings. The Labute approximate surface area is 80.2 Å². The van der Waals surface area contributed by atoms with Crippen LogP contribution in [0.5, 0.6) is 0 Å². The van der Waals surface area contributed by atoms with E-state index in [1.54, 1.807) is 0 Å². The molecule has 0 heterocycles. The molecule has 70 valence electrons. The van der Waals surface area contributed by atoms with Gasteiger partial charge in [-0.05, 0) is 26.7 Å². The molecule has 1 nitrogen and oxygen atoms in total. The molecule has 0 aliphatic heterocycles. The molecule has 1 aliphatic carbocycles. The third kappa shape index (κ3) is 3.14. The van der Waals surface area contributed by atoms with Gasteiger partial charge in [0, 0.05) is 11.8 Å². The summed E-state index contributed by atoms with van der Waals surface area (Å²) in [5.41, 5.74) is 1.10. The summed E-state index contributed by atoms with van der Waals surface area (Å²) in [6, 6.07) is 0.569. The van der Waals surface area contributed by atoms with Gasteiger partial charge in [-0.25, -0.2) is 0 Å². The molecule has 0 saturated heterocycles. The number of hydrogen-bond acceptors (Lipinski definition) is 1. The van der Waals surface area contributed by atoms with Gasteiger partial charge in [-0.2, -0.15) is 0 Å². The lowest BCUT2D eigenvalue weighted by Crippen LogP contribution is -2.15. The Hall–Kier alpha value is -0.0400. The second-order valence-electron chi connectivity index (χ2n) is 3.68. The van der Waals surface area contributed by atoms with Crippen LogP contribution in [0.25, 0.3) is 0 Å². The lowest BCUT2D eigenvalue weighted by atomic mass is 9.96. The van der Waals surface area contributed by atoms with Crippen molar-refractivity contribution >= 4 is 17.3 Å². The molecule has 0 bridgehead atoms. The number of hydrogen-bond donors (Lipinski definition) is 0. The minimum Gasteiger partial charge on any atom is -0.290 e. The summed E-state index contributed by atoms with van der Waals surface area (Å²) >= 11 is 5.92. The maximum atomic E-state index is 5.92. The topological polar surface area (TPSA) is 12.4 Å². The number of alkyl halides is 1. The van der Waals surface area contributed by atoms with E-state index in [1.165, 1.54) is 32.1 Å². The fourth-order valence-electron chi connectivity index (χ4n) is 1.60. The SMILES string of the molecule is CC(=NC1CCCCC1)C(C)Cl. The third-order valence-electron chi connectivity index (χ3n) is 2.54. The van der Waals surface area contributed by atoms with Crippen LogP contribution in [0.2, 0.25) is 0 Å². The first kappa shape index (κ1) is 10.0. The maximum Gasteiger partial charge on any atom is 0.0683 e. The molecular formula is C10H18ClN. The summed E-state index contributed by atoms with van der Waals surface area (Å²) in [7, 11) is 0. The smallest absolute Gasteiger partial charge is 0.0683 e. The fourth-order valence-corrected chi connectivity index (χ4v) is 1.66. The van der Waals surface area contributed by atoms with E-state index in [9.17, 15) is 0 Å². The summed E-state index contributed by atoms with van der Waals surface area (Å²) in [6.07, 6.45) is 6.61. The second kappa shape index (κ2) is 4.86. The van der Waals surface area contributed by atoms with Crippen LogP contribution in [0, 0.1) is 0 Å². The number of aliphatic imine (C=N–C) groups is 1. The van der Waals surface area contributed by atoms with E-state index in [0.717, 1.165) is 5.71 Å². The summed E-state index contributed by atoms with van der Waals surface area (Å²) in [5, 5.41) is 0.104. The molecule has 1 saturated carbocycles. The molecule has 0 radical (unpaired) electrons. The van der Waals surface area contributed by atoms with Gasteiger partial charge in [0.25, 0.3) is 0 Å². The fraction of sp³-hybridized carbons (Fsp3) is 0.900. The van der Waals surface area contributed by atoms with Gasteiger partial charge in [0.05, 0.1) is 5.38 Å². The lowest BCUT2D eigenvalue weighted by Gasteiger charge is -2.18. The molecule has 1 aliphatic rings. The van der Waals surface area contributed by atoms with Crippen LogP contribution in [0.15, 0.2) is 4.99 Å². The highest BCUT2D eigenvalue weighted by Gasteiger charge is 2.12. The van der Waals surface area contributed by atoms with Gasteiger partial charge in [-0.15, -0.1) is 11.6 Å². The molecule has 0 amide bonds. The second-order valence-corrected chi connectivity index (χ2v) is 4.33. The number of rotatable bonds is 2. The number of halogens is 1. The summed E-state index contributed by atoms with van der Waals surface area (Å²) in [5.74, 6) is 0. The minimum atomic E-state index is 0.104. The summed E-state index contributed by atoms with van der Waals surface area (Å²) < 4.78 is 0. The Kier molecular flexibility index (Phi) is 4.07. The molecule has 1 unspecified atom stereocenters. The van der Waals surface area contributed by atoms with E-state index in [0.29, 0.717) is 6.04 Å². The van der Waals surface area contributed by atoms with Crippen LogP contribution in [-0.4, -0.2) is 17.1 Å². The molecule has 0 N–H and O–H groups in total. The van der Waals surface area contributed by atoms with Crippen molar-refractivity contribution in [2.24, 2.45) is 4.99 Å². The van der Waals surface area contributed by atoms with E-state index in [-0.39, 0.29) is 5.38 Å². The van der Waals surface area contributed by atoms with Crippen LogP contribution in [0.4, 0.5) is 0 Å². The lowest BCUT2D eigenvalue weighted by molar-refractivity contribution is 0.443. The Morgan fingerprint density at radius 2 is 1.92 bits per heavy atom. The van der Waals surface area contributed by atoms with Crippen molar-refractivity contribution in [1.82, 2.24) is 0 Å². The standard InChI is InChI=1S/C10H18ClN/c1-8(11)9(2)12-10-6-4-3-5-7-10/h8,10H,3-7H2,1-2H3. The van der Waals surface area contributed by atoms with Gasteiger partial charge < -0.3 is 0 Å².